The van der Waals surface area contributed by atoms with Crippen molar-refractivity contribution in [2.75, 3.05) is 0 Å². The molecular formula is C13H14N4S2. The highest BCUT2D eigenvalue weighted by atomic mass is 32.1. The van der Waals surface area contributed by atoms with Gasteiger partial charge in [0.2, 0.25) is 0 Å². The summed E-state index contributed by atoms with van der Waals surface area (Å²) in [6.07, 6.45) is 1.65. The summed E-state index contributed by atoms with van der Waals surface area (Å²) in [6, 6.07) is 10.1. The van der Waals surface area contributed by atoms with Crippen molar-refractivity contribution in [1.82, 2.24) is 15.7 Å². The predicted octanol–water partition coefficient (Wildman–Crippen LogP) is 2.45. The van der Waals surface area contributed by atoms with E-state index in [0.29, 0.717) is 11.7 Å². The maximum absolute atomic E-state index is 5.12. The van der Waals surface area contributed by atoms with E-state index in [9.17, 15) is 0 Å². The van der Waals surface area contributed by atoms with Gasteiger partial charge in [0.15, 0.2) is 5.11 Å². The number of hydrazone groups is 1. The van der Waals surface area contributed by atoms with Crippen LogP contribution in [0.5, 0.6) is 0 Å². The number of aryl methyl sites for hydroxylation is 1. The third-order valence-electron chi connectivity index (χ3n) is 2.30. The molecule has 1 aromatic carbocycles. The van der Waals surface area contributed by atoms with Gasteiger partial charge in [0.25, 0.3) is 0 Å². The second kappa shape index (κ2) is 6.96. The summed E-state index contributed by atoms with van der Waals surface area (Å²) in [5.74, 6) is 0. The monoisotopic (exact) mass is 290 g/mol. The Morgan fingerprint density at radius 2 is 2.21 bits per heavy atom. The summed E-state index contributed by atoms with van der Waals surface area (Å²) in [4.78, 5) is 4.27. The van der Waals surface area contributed by atoms with Crippen molar-refractivity contribution >= 4 is 34.9 Å². The zero-order valence-electron chi connectivity index (χ0n) is 10.5. The molecule has 4 nitrogen and oxygen atoms in total. The van der Waals surface area contributed by atoms with Crippen LogP contribution in [0.2, 0.25) is 0 Å². The summed E-state index contributed by atoms with van der Waals surface area (Å²) >= 11 is 6.71. The maximum atomic E-state index is 5.12. The molecule has 2 N–H and O–H groups in total. The highest BCUT2D eigenvalue weighted by molar-refractivity contribution is 7.80. The average Bonchev–Trinajstić information content (AvgIpc) is 2.83. The quantitative estimate of drug-likeness (QED) is 0.516. The number of nitrogens with zero attached hydrogens (tertiary/aromatic N) is 2. The first-order valence-corrected chi connectivity index (χ1v) is 7.06. The lowest BCUT2D eigenvalue weighted by molar-refractivity contribution is 0.868. The zero-order chi connectivity index (χ0) is 13.5. The van der Waals surface area contributed by atoms with E-state index in [0.717, 1.165) is 10.7 Å². The van der Waals surface area contributed by atoms with Crippen LogP contribution in [0.4, 0.5) is 0 Å². The predicted molar refractivity (Wildman–Crippen MR) is 83.5 cm³/mol. The molecule has 0 radical (unpaired) electrons. The molecule has 0 aliphatic rings. The Morgan fingerprint density at radius 3 is 2.89 bits per heavy atom. The molecule has 1 aromatic heterocycles. The van der Waals surface area contributed by atoms with Gasteiger partial charge in [-0.1, -0.05) is 30.3 Å². The first kappa shape index (κ1) is 13.6. The third kappa shape index (κ3) is 4.76. The van der Waals surface area contributed by atoms with Crippen molar-refractivity contribution < 1.29 is 0 Å². The molecule has 0 aliphatic heterocycles. The molecule has 0 aliphatic carbocycles. The Kier molecular flexibility index (Phi) is 5.00. The lowest BCUT2D eigenvalue weighted by atomic mass is 10.2. The van der Waals surface area contributed by atoms with E-state index in [1.165, 1.54) is 5.56 Å². The highest BCUT2D eigenvalue weighted by Gasteiger charge is 1.95. The normalized spacial score (nSPS) is 10.6. The number of aromatic nitrogens is 1. The fourth-order valence-electron chi connectivity index (χ4n) is 1.41. The van der Waals surface area contributed by atoms with Crippen molar-refractivity contribution in [3.8, 4) is 0 Å². The van der Waals surface area contributed by atoms with Crippen LogP contribution < -0.4 is 10.7 Å². The van der Waals surface area contributed by atoms with E-state index >= 15 is 0 Å². The number of thiazole rings is 1. The number of nitrogens with one attached hydrogen (secondary N) is 2. The Morgan fingerprint density at radius 1 is 1.42 bits per heavy atom. The number of hydrogen-bond donors (Lipinski definition) is 2. The second-order valence-electron chi connectivity index (χ2n) is 3.83. The Balaban J connectivity index is 1.74. The van der Waals surface area contributed by atoms with Gasteiger partial charge in [-0.05, 0) is 24.7 Å². The van der Waals surface area contributed by atoms with Gasteiger partial charge < -0.3 is 5.32 Å². The van der Waals surface area contributed by atoms with E-state index in [1.807, 2.05) is 42.6 Å². The van der Waals surface area contributed by atoms with Crippen molar-refractivity contribution in [1.29, 1.82) is 0 Å². The van der Waals surface area contributed by atoms with Crippen LogP contribution in [0, 0.1) is 6.92 Å². The van der Waals surface area contributed by atoms with Crippen LogP contribution in [0.15, 0.2) is 40.8 Å². The van der Waals surface area contributed by atoms with Gasteiger partial charge in [-0.15, -0.1) is 11.3 Å². The maximum Gasteiger partial charge on any atom is 0.187 e. The van der Waals surface area contributed by atoms with Crippen LogP contribution >= 0.6 is 23.6 Å². The summed E-state index contributed by atoms with van der Waals surface area (Å²) in [7, 11) is 0. The molecule has 0 fully saturated rings. The molecule has 1 heterocycles. The third-order valence-corrected chi connectivity index (χ3v) is 3.32. The van der Waals surface area contributed by atoms with Crippen molar-refractivity contribution in [3.05, 3.63) is 52.0 Å². The molecule has 0 amide bonds. The molecule has 0 spiro atoms. The van der Waals surface area contributed by atoms with Crippen molar-refractivity contribution in [2.24, 2.45) is 5.10 Å². The number of rotatable bonds is 4. The highest BCUT2D eigenvalue weighted by Crippen LogP contribution is 2.05. The van der Waals surface area contributed by atoms with Gasteiger partial charge in [-0.3, -0.25) is 5.43 Å². The van der Waals surface area contributed by atoms with Crippen LogP contribution in [0.25, 0.3) is 0 Å². The molecule has 2 rings (SSSR count). The molecule has 2 aromatic rings. The molecule has 0 atom stereocenters. The van der Waals surface area contributed by atoms with E-state index < -0.39 is 0 Å². The Labute approximate surface area is 121 Å². The van der Waals surface area contributed by atoms with Crippen molar-refractivity contribution in [3.63, 3.8) is 0 Å². The van der Waals surface area contributed by atoms with Crippen LogP contribution in [-0.4, -0.2) is 16.3 Å². The molecule has 0 bridgehead atoms. The zero-order valence-corrected chi connectivity index (χ0v) is 12.1. The SMILES string of the molecule is Cc1nc(/C=N/NC(=S)NCc2ccccc2)cs1. The van der Waals surface area contributed by atoms with E-state index in [4.69, 9.17) is 12.2 Å². The first-order valence-electron chi connectivity index (χ1n) is 5.77. The molecule has 0 unspecified atom stereocenters. The van der Waals surface area contributed by atoms with Gasteiger partial charge in [-0.25, -0.2) is 4.98 Å². The van der Waals surface area contributed by atoms with Gasteiger partial charge in [0.05, 0.1) is 16.9 Å². The van der Waals surface area contributed by atoms with Crippen molar-refractivity contribution in [2.45, 2.75) is 13.5 Å². The van der Waals surface area contributed by atoms with E-state index in [1.54, 1.807) is 17.6 Å². The Hall–Kier alpha value is -1.79. The number of thiocarbonyl (C=S) groups is 1. The molecule has 98 valence electrons. The number of hydrogen-bond acceptors (Lipinski definition) is 4. The second-order valence-corrected chi connectivity index (χ2v) is 5.30. The minimum Gasteiger partial charge on any atom is -0.357 e. The first-order chi connectivity index (χ1) is 9.24. The van der Waals surface area contributed by atoms with E-state index in [2.05, 4.69) is 20.8 Å². The molecule has 0 saturated heterocycles. The van der Waals surface area contributed by atoms with Crippen LogP contribution in [-0.2, 0) is 6.54 Å². The summed E-state index contributed by atoms with van der Waals surface area (Å²) in [5.41, 5.74) is 4.77. The molecule has 19 heavy (non-hydrogen) atoms. The van der Waals surface area contributed by atoms with Gasteiger partial charge >= 0.3 is 0 Å². The van der Waals surface area contributed by atoms with Crippen LogP contribution in [0.3, 0.4) is 0 Å². The summed E-state index contributed by atoms with van der Waals surface area (Å²) in [6.45, 7) is 2.64. The van der Waals surface area contributed by atoms with Gasteiger partial charge in [0, 0.05) is 11.9 Å². The Bertz CT molecular complexity index is 563. The molecular weight excluding hydrogens is 276 g/mol. The summed E-state index contributed by atoms with van der Waals surface area (Å²) < 4.78 is 0. The fourth-order valence-corrected chi connectivity index (χ4v) is 2.10. The lowest BCUT2D eigenvalue weighted by Crippen LogP contribution is -2.31. The number of benzene rings is 1. The van der Waals surface area contributed by atoms with E-state index in [-0.39, 0.29) is 0 Å². The smallest absolute Gasteiger partial charge is 0.187 e. The van der Waals surface area contributed by atoms with Crippen LogP contribution in [0.1, 0.15) is 16.3 Å². The molecule has 0 saturated carbocycles. The minimum absolute atomic E-state index is 0.493. The fraction of sp³-hybridized carbons (Fsp3) is 0.154. The lowest BCUT2D eigenvalue weighted by Gasteiger charge is -2.06. The van der Waals surface area contributed by atoms with Gasteiger partial charge in [0.1, 0.15) is 0 Å². The standard InChI is InChI=1S/C13H14N4S2/c1-10-16-12(9-19-10)8-15-17-13(18)14-7-11-5-3-2-4-6-11/h2-6,8-9H,7H2,1H3,(H2,14,17,18)/b15-8+. The average molecular weight is 290 g/mol. The topological polar surface area (TPSA) is 49.3 Å². The molecule has 6 heteroatoms. The van der Waals surface area contributed by atoms with Gasteiger partial charge in [-0.2, -0.15) is 5.10 Å². The largest absolute Gasteiger partial charge is 0.357 e. The summed E-state index contributed by atoms with van der Waals surface area (Å²) in [5, 5.41) is 10.6. The minimum atomic E-state index is 0.493.